The number of rotatable bonds is 34. The van der Waals surface area contributed by atoms with E-state index < -0.39 is 98.1 Å². The van der Waals surface area contributed by atoms with Gasteiger partial charge in [0, 0.05) is 6.92 Å². The standard InChI is InChI=1S/C83H88O16/c1-59-72(95-60(2)84)75(87-50-63-34-16-5-17-35-63)79(91-54-67-42-24-9-25-43-67)82(94-59)98-74-71(58-86-49-62-32-14-4-15-33-62)97-83(80(92-55-68-44-26-10-27-45-68)77(74)89-52-65-38-20-7-21-39-65)99-73-70(57-85-48-61-30-12-3-13-31-61)96-81(93-56-69-46-28-11-29-47-69)78(90-53-66-40-22-8-23-41-66)76(73)88-51-64-36-18-6-19-37-64/h3-47,59,70-83H,48-58H2,1-2H3/t59-,70-,71-,72+,73-,74-,75+,76+,77+,78-,79-,80-,81-,82+,83-/m1/s1. The fourth-order valence-electron chi connectivity index (χ4n) is 12.5. The Morgan fingerprint density at radius 3 is 0.798 bits per heavy atom. The summed E-state index contributed by atoms with van der Waals surface area (Å²) in [5, 5.41) is 0. The summed E-state index contributed by atoms with van der Waals surface area (Å²) in [6, 6.07) is 89.3. The van der Waals surface area contributed by atoms with Crippen molar-refractivity contribution in [2.45, 2.75) is 165 Å². The quantitative estimate of drug-likeness (QED) is 0.0351. The number of carbonyl (C=O) groups is 1. The smallest absolute Gasteiger partial charge is 0.303 e. The predicted octanol–water partition coefficient (Wildman–Crippen LogP) is 14.0. The van der Waals surface area contributed by atoms with E-state index in [0.29, 0.717) is 0 Å². The van der Waals surface area contributed by atoms with E-state index in [1.807, 2.05) is 280 Å². The molecule has 0 saturated carbocycles. The molecule has 0 N–H and O–H groups in total. The third-order valence-corrected chi connectivity index (χ3v) is 17.6. The minimum atomic E-state index is -1.30. The molecule has 12 rings (SSSR count). The maximum Gasteiger partial charge on any atom is 0.303 e. The van der Waals surface area contributed by atoms with Crippen molar-refractivity contribution in [3.8, 4) is 0 Å². The van der Waals surface area contributed by atoms with Crippen LogP contribution < -0.4 is 0 Å². The highest BCUT2D eigenvalue weighted by atomic mass is 16.8. The van der Waals surface area contributed by atoms with E-state index in [-0.39, 0.29) is 72.7 Å². The van der Waals surface area contributed by atoms with Crippen molar-refractivity contribution >= 4 is 5.97 Å². The Morgan fingerprint density at radius 1 is 0.273 bits per heavy atom. The fraction of sp³-hybridized carbons (Fsp3) is 0.337. The second-order valence-electron chi connectivity index (χ2n) is 24.9. The average molecular weight is 1340 g/mol. The van der Waals surface area contributed by atoms with E-state index in [2.05, 4.69) is 0 Å². The Kier molecular flexibility index (Phi) is 26.7. The van der Waals surface area contributed by atoms with Crippen LogP contribution in [0.5, 0.6) is 0 Å². The van der Waals surface area contributed by atoms with E-state index in [1.165, 1.54) is 6.92 Å². The maximum atomic E-state index is 13.2. The number of ether oxygens (including phenoxy) is 15. The molecule has 0 aliphatic carbocycles. The Hall–Kier alpha value is -8.11. The van der Waals surface area contributed by atoms with E-state index in [4.69, 9.17) is 71.1 Å². The third-order valence-electron chi connectivity index (χ3n) is 17.6. The van der Waals surface area contributed by atoms with Gasteiger partial charge in [0.15, 0.2) is 25.0 Å². The molecule has 9 aromatic rings. The fourth-order valence-corrected chi connectivity index (χ4v) is 12.5. The molecular weight excluding hydrogens is 1250 g/mol. The summed E-state index contributed by atoms with van der Waals surface area (Å²) in [6.07, 6.45) is -15.2. The van der Waals surface area contributed by atoms with Crippen LogP contribution in [0, 0.1) is 0 Å². The second kappa shape index (κ2) is 37.4. The van der Waals surface area contributed by atoms with Gasteiger partial charge in [-0.3, -0.25) is 4.79 Å². The molecule has 0 radical (unpaired) electrons. The van der Waals surface area contributed by atoms with Crippen molar-refractivity contribution in [2.24, 2.45) is 0 Å². The summed E-state index contributed by atoms with van der Waals surface area (Å²) < 4.78 is 107. The lowest BCUT2D eigenvalue weighted by atomic mass is 9.95. The largest absolute Gasteiger partial charge is 0.457 e. The van der Waals surface area contributed by atoms with Crippen molar-refractivity contribution in [1.29, 1.82) is 0 Å². The SMILES string of the molecule is CC(=O)O[C@@H]1[C@H](OCc2ccccc2)[C@@H](OCc2ccccc2)[C@H](O[C@H]2[C@H](OCc3ccccc3)[C@@H](OCc3ccccc3)[C@@H](O[C@H]3[C@H](OCc4ccccc4)[C@@H](OCc4ccccc4)[C@H](OCc4ccccc4)O[C@@H]3COCc3ccccc3)O[C@@H]2COCc2ccccc2)O[C@@H]1C. The van der Waals surface area contributed by atoms with Gasteiger partial charge in [-0.1, -0.05) is 273 Å². The van der Waals surface area contributed by atoms with Gasteiger partial charge >= 0.3 is 5.97 Å². The van der Waals surface area contributed by atoms with Gasteiger partial charge in [0.25, 0.3) is 0 Å². The number of benzene rings is 9. The summed E-state index contributed by atoms with van der Waals surface area (Å²) in [6.45, 7) is 4.70. The summed E-state index contributed by atoms with van der Waals surface area (Å²) in [4.78, 5) is 13.2. The molecule has 16 nitrogen and oxygen atoms in total. The van der Waals surface area contributed by atoms with Gasteiger partial charge in [-0.2, -0.15) is 0 Å². The minimum Gasteiger partial charge on any atom is -0.457 e. The van der Waals surface area contributed by atoms with Gasteiger partial charge in [0.05, 0.1) is 78.8 Å². The topological polar surface area (TPSA) is 156 Å². The number of carbonyl (C=O) groups excluding carboxylic acids is 1. The number of esters is 1. The average Bonchev–Trinajstić information content (AvgIpc) is 0.766. The van der Waals surface area contributed by atoms with Crippen molar-refractivity contribution in [2.75, 3.05) is 13.2 Å². The van der Waals surface area contributed by atoms with Crippen molar-refractivity contribution in [1.82, 2.24) is 0 Å². The highest BCUT2D eigenvalue weighted by Crippen LogP contribution is 2.40. The number of hydrogen-bond donors (Lipinski definition) is 0. The Bertz CT molecular complexity index is 3700. The number of hydrogen-bond acceptors (Lipinski definition) is 16. The maximum absolute atomic E-state index is 13.2. The van der Waals surface area contributed by atoms with Crippen molar-refractivity contribution in [3.05, 3.63) is 323 Å². The van der Waals surface area contributed by atoms with E-state index in [0.717, 1.165) is 50.1 Å². The Balaban J connectivity index is 0.976. The molecule has 99 heavy (non-hydrogen) atoms. The highest BCUT2D eigenvalue weighted by molar-refractivity contribution is 5.66. The van der Waals surface area contributed by atoms with Gasteiger partial charge in [0.1, 0.15) is 61.0 Å². The van der Waals surface area contributed by atoms with E-state index in [1.54, 1.807) is 0 Å². The van der Waals surface area contributed by atoms with Gasteiger partial charge in [-0.15, -0.1) is 0 Å². The normalized spacial score (nSPS) is 25.4. The van der Waals surface area contributed by atoms with Gasteiger partial charge in [0.2, 0.25) is 0 Å². The molecule has 3 aliphatic heterocycles. The molecule has 3 fully saturated rings. The molecular formula is C83H88O16. The van der Waals surface area contributed by atoms with Crippen LogP contribution in [-0.2, 0) is 135 Å². The van der Waals surface area contributed by atoms with Crippen LogP contribution >= 0.6 is 0 Å². The molecule has 0 aromatic heterocycles. The molecule has 3 heterocycles. The van der Waals surface area contributed by atoms with Crippen LogP contribution in [0.25, 0.3) is 0 Å². The summed E-state index contributed by atoms with van der Waals surface area (Å²) in [5.74, 6) is -0.509. The first-order chi connectivity index (χ1) is 48.8. The van der Waals surface area contributed by atoms with Crippen LogP contribution in [0.4, 0.5) is 0 Å². The monoisotopic (exact) mass is 1340 g/mol. The predicted molar refractivity (Wildman–Crippen MR) is 370 cm³/mol. The zero-order valence-electron chi connectivity index (χ0n) is 56.0. The molecule has 16 heteroatoms. The molecule has 3 saturated heterocycles. The van der Waals surface area contributed by atoms with E-state index >= 15 is 0 Å². The van der Waals surface area contributed by atoms with Gasteiger partial charge < -0.3 is 71.1 Å². The van der Waals surface area contributed by atoms with Crippen LogP contribution in [0.15, 0.2) is 273 Å². The lowest BCUT2D eigenvalue weighted by Crippen LogP contribution is -2.68. The summed E-state index contributed by atoms with van der Waals surface area (Å²) >= 11 is 0. The lowest BCUT2D eigenvalue weighted by Gasteiger charge is -2.51. The summed E-state index contributed by atoms with van der Waals surface area (Å²) in [5.41, 5.74) is 8.25. The minimum absolute atomic E-state index is 0.0241. The lowest BCUT2D eigenvalue weighted by molar-refractivity contribution is -0.393. The van der Waals surface area contributed by atoms with Crippen LogP contribution in [-0.4, -0.2) is 111 Å². The molecule has 0 bridgehead atoms. The van der Waals surface area contributed by atoms with Crippen molar-refractivity contribution < 1.29 is 75.8 Å². The molecule has 516 valence electrons. The molecule has 0 amide bonds. The molecule has 0 unspecified atom stereocenters. The summed E-state index contributed by atoms with van der Waals surface area (Å²) in [7, 11) is 0. The van der Waals surface area contributed by atoms with Crippen LogP contribution in [0.2, 0.25) is 0 Å². The molecule has 9 aromatic carbocycles. The third kappa shape index (κ3) is 20.8. The van der Waals surface area contributed by atoms with Crippen molar-refractivity contribution in [3.63, 3.8) is 0 Å². The first-order valence-corrected chi connectivity index (χ1v) is 34.1. The van der Waals surface area contributed by atoms with Gasteiger partial charge in [-0.25, -0.2) is 0 Å². The zero-order valence-corrected chi connectivity index (χ0v) is 56.0. The van der Waals surface area contributed by atoms with E-state index in [9.17, 15) is 4.79 Å². The highest BCUT2D eigenvalue weighted by Gasteiger charge is 2.57. The zero-order chi connectivity index (χ0) is 67.6. The van der Waals surface area contributed by atoms with Crippen LogP contribution in [0.3, 0.4) is 0 Å². The molecule has 15 atom stereocenters. The van der Waals surface area contributed by atoms with Crippen LogP contribution in [0.1, 0.15) is 63.9 Å². The Morgan fingerprint density at radius 2 is 0.505 bits per heavy atom. The first-order valence-electron chi connectivity index (χ1n) is 34.1. The van der Waals surface area contributed by atoms with Gasteiger partial charge in [-0.05, 0) is 57.0 Å². The molecule has 0 spiro atoms. The second-order valence-corrected chi connectivity index (χ2v) is 24.9. The Labute approximate surface area is 580 Å². The first kappa shape index (κ1) is 70.7. The molecule has 3 aliphatic rings.